The number of aromatic nitrogens is 1. The Balaban J connectivity index is 2.09. The molecule has 1 heterocycles. The third-order valence-corrected chi connectivity index (χ3v) is 4.65. The van der Waals surface area contributed by atoms with E-state index in [1.54, 1.807) is 16.7 Å². The van der Waals surface area contributed by atoms with Crippen LogP contribution in [0.4, 0.5) is 13.2 Å². The second kappa shape index (κ2) is 8.12. The summed E-state index contributed by atoms with van der Waals surface area (Å²) >= 11 is 3.41. The number of hydrogen-bond acceptors (Lipinski definition) is 1. The fourth-order valence-electron chi connectivity index (χ4n) is 2.93. The predicted molar refractivity (Wildman–Crippen MR) is 109 cm³/mol. The van der Waals surface area contributed by atoms with E-state index in [4.69, 9.17) is 11.5 Å². The smallest absolute Gasteiger partial charge is 0.370 e. The molecule has 0 saturated carbocycles. The first-order chi connectivity index (χ1) is 13.6. The molecule has 1 aromatic heterocycles. The number of nitrogens with zero attached hydrogens (tertiary/aromatic N) is 2. The van der Waals surface area contributed by atoms with Crippen molar-refractivity contribution in [2.24, 2.45) is 16.5 Å². The highest BCUT2D eigenvalue weighted by molar-refractivity contribution is 9.10. The quantitative estimate of drug-likeness (QED) is 0.443. The number of guanidine groups is 1. The van der Waals surface area contributed by atoms with E-state index in [1.807, 2.05) is 24.3 Å². The van der Waals surface area contributed by atoms with Gasteiger partial charge in [0.1, 0.15) is 6.54 Å². The maximum atomic E-state index is 12.9. The summed E-state index contributed by atoms with van der Waals surface area (Å²) in [6.45, 7) is -0.177. The molecule has 0 atom stereocenters. The van der Waals surface area contributed by atoms with E-state index in [-0.39, 0.29) is 12.5 Å². The number of halogens is 4. The van der Waals surface area contributed by atoms with E-state index in [1.165, 1.54) is 12.1 Å². The molecule has 5 nitrogen and oxygen atoms in total. The second-order valence-electron chi connectivity index (χ2n) is 6.21. The van der Waals surface area contributed by atoms with E-state index in [9.17, 15) is 18.0 Å². The summed E-state index contributed by atoms with van der Waals surface area (Å²) < 4.78 is 41.1. The molecule has 0 bridgehead atoms. The van der Waals surface area contributed by atoms with E-state index < -0.39 is 17.6 Å². The van der Waals surface area contributed by atoms with Crippen molar-refractivity contribution in [3.63, 3.8) is 0 Å². The molecular formula is C20H16BrF3N4O. The summed E-state index contributed by atoms with van der Waals surface area (Å²) in [5.74, 6) is -0.937. The molecule has 3 aromatic rings. The van der Waals surface area contributed by atoms with Crippen molar-refractivity contribution < 1.29 is 18.0 Å². The van der Waals surface area contributed by atoms with Gasteiger partial charge >= 0.3 is 6.18 Å². The third-order valence-electron chi connectivity index (χ3n) is 4.16. The van der Waals surface area contributed by atoms with E-state index in [0.717, 1.165) is 22.2 Å². The standard InChI is InChI=1S/C20H16BrF3N4O/c21-15-3-1-2-13(10-15)17-9-8-16(28(17)11-18(29)27-19(25)26)12-4-6-14(7-5-12)20(22,23)24/h1-10H,11H2,(H4,25,26,27,29). The summed E-state index contributed by atoms with van der Waals surface area (Å²) in [4.78, 5) is 15.8. The predicted octanol–water partition coefficient (Wildman–Crippen LogP) is 4.40. The largest absolute Gasteiger partial charge is 0.416 e. The normalized spacial score (nSPS) is 11.3. The number of nitrogens with two attached hydrogens (primary N) is 2. The number of rotatable bonds is 4. The Hall–Kier alpha value is -3.07. The van der Waals surface area contributed by atoms with Gasteiger partial charge in [-0.25, -0.2) is 0 Å². The topological polar surface area (TPSA) is 86.4 Å². The lowest BCUT2D eigenvalue weighted by Crippen LogP contribution is -2.25. The number of amides is 1. The fraction of sp³-hybridized carbons (Fsp3) is 0.100. The first-order valence-electron chi connectivity index (χ1n) is 8.41. The van der Waals surface area contributed by atoms with Crippen molar-refractivity contribution in [1.29, 1.82) is 0 Å². The van der Waals surface area contributed by atoms with Crippen LogP contribution >= 0.6 is 15.9 Å². The number of alkyl halides is 3. The second-order valence-corrected chi connectivity index (χ2v) is 7.12. The number of hydrogen-bond donors (Lipinski definition) is 2. The van der Waals surface area contributed by atoms with Crippen molar-refractivity contribution in [2.75, 3.05) is 0 Å². The minimum Gasteiger partial charge on any atom is -0.370 e. The summed E-state index contributed by atoms with van der Waals surface area (Å²) in [5.41, 5.74) is 12.4. The van der Waals surface area contributed by atoms with E-state index in [0.29, 0.717) is 17.0 Å². The van der Waals surface area contributed by atoms with Crippen LogP contribution in [0.1, 0.15) is 5.56 Å². The first kappa shape index (κ1) is 20.7. The SMILES string of the molecule is NC(N)=NC(=O)Cn1c(-c2ccc(C(F)(F)F)cc2)ccc1-c1cccc(Br)c1. The summed E-state index contributed by atoms with van der Waals surface area (Å²) in [5, 5.41) is 0. The van der Waals surface area contributed by atoms with Crippen LogP contribution < -0.4 is 11.5 Å². The number of aliphatic imine (C=N–C) groups is 1. The van der Waals surface area contributed by atoms with Crippen LogP contribution in [0.5, 0.6) is 0 Å². The Morgan fingerprint density at radius 1 is 0.966 bits per heavy atom. The van der Waals surface area contributed by atoms with E-state index in [2.05, 4.69) is 20.9 Å². The minimum atomic E-state index is -4.43. The molecule has 9 heteroatoms. The van der Waals surface area contributed by atoms with Crippen LogP contribution in [0.3, 0.4) is 0 Å². The zero-order valence-electron chi connectivity index (χ0n) is 14.9. The molecular weight excluding hydrogens is 449 g/mol. The van der Waals surface area contributed by atoms with Crippen LogP contribution in [0.25, 0.3) is 22.5 Å². The van der Waals surface area contributed by atoms with Crippen LogP contribution in [0.2, 0.25) is 0 Å². The lowest BCUT2D eigenvalue weighted by atomic mass is 10.1. The molecule has 3 rings (SSSR count). The van der Waals surface area contributed by atoms with Crippen LogP contribution in [-0.2, 0) is 17.5 Å². The third kappa shape index (κ3) is 4.86. The molecule has 0 aliphatic rings. The van der Waals surface area contributed by atoms with Gasteiger partial charge in [-0.05, 0) is 47.5 Å². The molecule has 0 aliphatic heterocycles. The highest BCUT2D eigenvalue weighted by Crippen LogP contribution is 2.33. The maximum absolute atomic E-state index is 12.9. The maximum Gasteiger partial charge on any atom is 0.416 e. The van der Waals surface area contributed by atoms with Gasteiger partial charge in [0.15, 0.2) is 5.96 Å². The Kier molecular flexibility index (Phi) is 5.78. The molecule has 0 unspecified atom stereocenters. The average molecular weight is 465 g/mol. The van der Waals surface area contributed by atoms with Gasteiger partial charge < -0.3 is 16.0 Å². The highest BCUT2D eigenvalue weighted by atomic mass is 79.9. The Morgan fingerprint density at radius 3 is 2.14 bits per heavy atom. The van der Waals surface area contributed by atoms with Gasteiger partial charge in [-0.15, -0.1) is 0 Å². The Labute approximate surface area is 173 Å². The van der Waals surface area contributed by atoms with Crippen molar-refractivity contribution in [3.05, 3.63) is 70.7 Å². The van der Waals surface area contributed by atoms with Crippen molar-refractivity contribution in [1.82, 2.24) is 4.57 Å². The van der Waals surface area contributed by atoms with Gasteiger partial charge in [0.2, 0.25) is 0 Å². The molecule has 1 amide bonds. The average Bonchev–Trinajstić information content (AvgIpc) is 3.03. The molecule has 0 radical (unpaired) electrons. The van der Waals surface area contributed by atoms with Gasteiger partial charge in [0.25, 0.3) is 5.91 Å². The summed E-state index contributed by atoms with van der Waals surface area (Å²) in [6, 6.07) is 15.7. The molecule has 0 fully saturated rings. The summed E-state index contributed by atoms with van der Waals surface area (Å²) in [6.07, 6.45) is -4.43. The molecule has 150 valence electrons. The molecule has 0 aliphatic carbocycles. The van der Waals surface area contributed by atoms with Gasteiger partial charge in [0.05, 0.1) is 5.56 Å². The minimum absolute atomic E-state index is 0.177. The molecule has 4 N–H and O–H groups in total. The van der Waals surface area contributed by atoms with Gasteiger partial charge in [-0.3, -0.25) is 4.79 Å². The van der Waals surface area contributed by atoms with E-state index >= 15 is 0 Å². The van der Waals surface area contributed by atoms with Gasteiger partial charge in [0, 0.05) is 15.9 Å². The zero-order chi connectivity index (χ0) is 21.2. The number of carbonyl (C=O) groups is 1. The first-order valence-corrected chi connectivity index (χ1v) is 9.20. The van der Waals surface area contributed by atoms with Crippen molar-refractivity contribution in [2.45, 2.75) is 12.7 Å². The van der Waals surface area contributed by atoms with Crippen LogP contribution in [0.15, 0.2) is 70.1 Å². The lowest BCUT2D eigenvalue weighted by Gasteiger charge is -2.13. The number of carbonyl (C=O) groups excluding carboxylic acids is 1. The Morgan fingerprint density at radius 2 is 1.59 bits per heavy atom. The number of benzene rings is 2. The van der Waals surface area contributed by atoms with Crippen LogP contribution in [0, 0.1) is 0 Å². The molecule has 0 saturated heterocycles. The van der Waals surface area contributed by atoms with Crippen LogP contribution in [-0.4, -0.2) is 16.4 Å². The lowest BCUT2D eigenvalue weighted by molar-refractivity contribution is -0.137. The monoisotopic (exact) mass is 464 g/mol. The van der Waals surface area contributed by atoms with Gasteiger partial charge in [-0.1, -0.05) is 40.2 Å². The highest BCUT2D eigenvalue weighted by Gasteiger charge is 2.30. The summed E-state index contributed by atoms with van der Waals surface area (Å²) in [7, 11) is 0. The molecule has 0 spiro atoms. The van der Waals surface area contributed by atoms with Crippen molar-refractivity contribution >= 4 is 27.8 Å². The van der Waals surface area contributed by atoms with Gasteiger partial charge in [-0.2, -0.15) is 18.2 Å². The Bertz CT molecular complexity index is 1070. The molecule has 2 aromatic carbocycles. The fourth-order valence-corrected chi connectivity index (χ4v) is 3.33. The molecule has 29 heavy (non-hydrogen) atoms. The zero-order valence-corrected chi connectivity index (χ0v) is 16.5. The van der Waals surface area contributed by atoms with Crippen molar-refractivity contribution in [3.8, 4) is 22.5 Å².